The third-order valence-corrected chi connectivity index (χ3v) is 3.82. The van der Waals surface area contributed by atoms with Crippen molar-refractivity contribution in [3.63, 3.8) is 0 Å². The maximum Gasteiger partial charge on any atom is 0.0624 e. The van der Waals surface area contributed by atoms with Crippen molar-refractivity contribution in [3.05, 3.63) is 0 Å². The van der Waals surface area contributed by atoms with Crippen LogP contribution in [-0.2, 0) is 9.47 Å². The van der Waals surface area contributed by atoms with Gasteiger partial charge in [0.1, 0.15) is 0 Å². The molecule has 0 aromatic carbocycles. The molecule has 3 N–H and O–H groups in total. The smallest absolute Gasteiger partial charge is 0.0624 e. The summed E-state index contributed by atoms with van der Waals surface area (Å²) in [7, 11) is 0. The van der Waals surface area contributed by atoms with Gasteiger partial charge in [-0.3, -0.25) is 0 Å². The van der Waals surface area contributed by atoms with Crippen LogP contribution in [0, 0.1) is 5.41 Å². The fraction of sp³-hybridized carbons (Fsp3) is 1.00. The molecule has 0 aliphatic carbocycles. The fourth-order valence-corrected chi connectivity index (χ4v) is 2.42. The second-order valence-corrected chi connectivity index (χ2v) is 5.38. The lowest BCUT2D eigenvalue weighted by atomic mass is 9.86. The van der Waals surface area contributed by atoms with Gasteiger partial charge in [0, 0.05) is 24.6 Å². The minimum atomic E-state index is 0.108. The zero-order chi connectivity index (χ0) is 11.4. The molecule has 0 saturated carbocycles. The highest BCUT2D eigenvalue weighted by Crippen LogP contribution is 2.25. The van der Waals surface area contributed by atoms with E-state index in [1.165, 1.54) is 12.8 Å². The molecule has 3 unspecified atom stereocenters. The predicted molar refractivity (Wildman–Crippen MR) is 63.4 cm³/mol. The van der Waals surface area contributed by atoms with Crippen molar-refractivity contribution in [1.29, 1.82) is 0 Å². The maximum atomic E-state index is 6.03. The molecular weight excluding hydrogens is 204 g/mol. The molecule has 4 nitrogen and oxygen atoms in total. The Morgan fingerprint density at radius 3 is 3.00 bits per heavy atom. The van der Waals surface area contributed by atoms with Crippen molar-refractivity contribution in [2.45, 2.75) is 38.3 Å². The van der Waals surface area contributed by atoms with E-state index in [9.17, 15) is 0 Å². The number of hydrogen-bond acceptors (Lipinski definition) is 4. The Hall–Kier alpha value is -0.160. The summed E-state index contributed by atoms with van der Waals surface area (Å²) in [6.07, 6.45) is 4.04. The maximum absolute atomic E-state index is 6.03. The highest BCUT2D eigenvalue weighted by Gasteiger charge is 2.37. The summed E-state index contributed by atoms with van der Waals surface area (Å²) in [5.41, 5.74) is 6.14. The number of nitrogens with one attached hydrogen (secondary N) is 1. The molecule has 2 aliphatic heterocycles. The predicted octanol–water partition coefficient (Wildman–Crippen LogP) is 0.509. The Balaban J connectivity index is 1.60. The van der Waals surface area contributed by atoms with E-state index >= 15 is 0 Å². The van der Waals surface area contributed by atoms with Gasteiger partial charge in [0.25, 0.3) is 0 Å². The van der Waals surface area contributed by atoms with Gasteiger partial charge in [-0.15, -0.1) is 0 Å². The summed E-state index contributed by atoms with van der Waals surface area (Å²) < 4.78 is 11.0. The van der Waals surface area contributed by atoms with E-state index in [2.05, 4.69) is 12.2 Å². The normalized spacial score (nSPS) is 39.4. The molecule has 0 aromatic heterocycles. The van der Waals surface area contributed by atoms with Crippen molar-refractivity contribution in [2.75, 3.05) is 32.9 Å². The molecule has 2 aliphatic rings. The molecule has 94 valence electrons. The molecule has 2 rings (SSSR count). The minimum absolute atomic E-state index is 0.108. The first-order valence-electron chi connectivity index (χ1n) is 6.36. The molecule has 2 saturated heterocycles. The van der Waals surface area contributed by atoms with Crippen LogP contribution in [0.5, 0.6) is 0 Å². The van der Waals surface area contributed by atoms with Crippen LogP contribution in [0.15, 0.2) is 0 Å². The molecular formula is C12H24N2O2. The summed E-state index contributed by atoms with van der Waals surface area (Å²) >= 11 is 0. The van der Waals surface area contributed by atoms with Crippen LogP contribution in [0.25, 0.3) is 0 Å². The van der Waals surface area contributed by atoms with Crippen LogP contribution in [0.1, 0.15) is 26.2 Å². The van der Waals surface area contributed by atoms with Crippen LogP contribution >= 0.6 is 0 Å². The fourth-order valence-electron chi connectivity index (χ4n) is 2.42. The Kier molecular flexibility index (Phi) is 4.19. The van der Waals surface area contributed by atoms with Gasteiger partial charge in [0.15, 0.2) is 0 Å². The van der Waals surface area contributed by atoms with Crippen LogP contribution in [0.4, 0.5) is 0 Å². The van der Waals surface area contributed by atoms with E-state index in [0.717, 1.165) is 32.7 Å². The monoisotopic (exact) mass is 228 g/mol. The number of hydrogen-bond donors (Lipinski definition) is 2. The number of rotatable bonds is 5. The Morgan fingerprint density at radius 2 is 2.38 bits per heavy atom. The summed E-state index contributed by atoms with van der Waals surface area (Å²) in [6, 6.07) is 0.169. The van der Waals surface area contributed by atoms with Gasteiger partial charge in [-0.05, 0) is 25.8 Å². The Labute approximate surface area is 97.9 Å². The molecule has 2 heterocycles. The van der Waals surface area contributed by atoms with E-state index in [0.29, 0.717) is 12.7 Å². The van der Waals surface area contributed by atoms with Crippen LogP contribution in [-0.4, -0.2) is 45.1 Å². The van der Waals surface area contributed by atoms with Gasteiger partial charge in [0.05, 0.1) is 19.3 Å². The zero-order valence-corrected chi connectivity index (χ0v) is 10.2. The lowest BCUT2D eigenvalue weighted by Gasteiger charge is -2.27. The molecule has 0 amide bonds. The molecule has 2 fully saturated rings. The first-order chi connectivity index (χ1) is 7.71. The molecule has 0 spiro atoms. The van der Waals surface area contributed by atoms with Crippen molar-refractivity contribution in [1.82, 2.24) is 5.32 Å². The van der Waals surface area contributed by atoms with E-state index in [1.807, 2.05) is 0 Å². The van der Waals surface area contributed by atoms with Crippen molar-refractivity contribution < 1.29 is 9.47 Å². The van der Waals surface area contributed by atoms with Crippen LogP contribution in [0.2, 0.25) is 0 Å². The summed E-state index contributed by atoms with van der Waals surface area (Å²) in [5.74, 6) is 0. The van der Waals surface area contributed by atoms with E-state index in [1.54, 1.807) is 0 Å². The second kappa shape index (κ2) is 5.45. The van der Waals surface area contributed by atoms with Gasteiger partial charge >= 0.3 is 0 Å². The topological polar surface area (TPSA) is 56.5 Å². The number of nitrogens with two attached hydrogens (primary N) is 1. The van der Waals surface area contributed by atoms with E-state index < -0.39 is 0 Å². The van der Waals surface area contributed by atoms with Crippen LogP contribution in [0.3, 0.4) is 0 Å². The van der Waals surface area contributed by atoms with Gasteiger partial charge in [-0.1, -0.05) is 6.92 Å². The molecule has 3 atom stereocenters. The molecule has 4 heteroatoms. The highest BCUT2D eigenvalue weighted by atomic mass is 16.5. The van der Waals surface area contributed by atoms with Crippen LogP contribution < -0.4 is 11.1 Å². The summed E-state index contributed by atoms with van der Waals surface area (Å²) in [6.45, 7) is 6.59. The van der Waals surface area contributed by atoms with Crippen molar-refractivity contribution in [2.24, 2.45) is 11.1 Å². The third-order valence-electron chi connectivity index (χ3n) is 3.82. The van der Waals surface area contributed by atoms with E-state index in [-0.39, 0.29) is 11.5 Å². The van der Waals surface area contributed by atoms with Gasteiger partial charge in [0.2, 0.25) is 0 Å². The second-order valence-electron chi connectivity index (χ2n) is 5.38. The van der Waals surface area contributed by atoms with Gasteiger partial charge in [-0.2, -0.15) is 0 Å². The SMILES string of the molecule is CC1(CNCCC2CCCO2)COCC1N. The standard InChI is InChI=1S/C12H24N2O2/c1-12(9-15-7-11(12)13)8-14-5-4-10-3-2-6-16-10/h10-11,14H,2-9,13H2,1H3. The third kappa shape index (κ3) is 2.94. The largest absolute Gasteiger partial charge is 0.379 e. The van der Waals surface area contributed by atoms with Crippen molar-refractivity contribution >= 4 is 0 Å². The van der Waals surface area contributed by atoms with Crippen molar-refractivity contribution in [3.8, 4) is 0 Å². The Morgan fingerprint density at radius 1 is 1.50 bits per heavy atom. The highest BCUT2D eigenvalue weighted by molar-refractivity contribution is 4.91. The number of ether oxygens (including phenoxy) is 2. The van der Waals surface area contributed by atoms with E-state index in [4.69, 9.17) is 15.2 Å². The zero-order valence-electron chi connectivity index (χ0n) is 10.2. The average molecular weight is 228 g/mol. The van der Waals surface area contributed by atoms with Gasteiger partial charge < -0.3 is 20.5 Å². The summed E-state index contributed by atoms with van der Waals surface area (Å²) in [4.78, 5) is 0. The quantitative estimate of drug-likeness (QED) is 0.673. The summed E-state index contributed by atoms with van der Waals surface area (Å²) in [5, 5.41) is 3.49. The molecule has 16 heavy (non-hydrogen) atoms. The first kappa shape index (κ1) is 12.3. The molecule has 0 aromatic rings. The Bertz CT molecular complexity index is 219. The first-order valence-corrected chi connectivity index (χ1v) is 6.36. The molecule has 0 radical (unpaired) electrons. The lowest BCUT2D eigenvalue weighted by Crippen LogP contribution is -2.45. The average Bonchev–Trinajstić information content (AvgIpc) is 2.86. The van der Waals surface area contributed by atoms with Gasteiger partial charge in [-0.25, -0.2) is 0 Å². The lowest BCUT2D eigenvalue weighted by molar-refractivity contribution is 0.102. The molecule has 0 bridgehead atoms. The minimum Gasteiger partial charge on any atom is -0.379 e.